The van der Waals surface area contributed by atoms with E-state index in [4.69, 9.17) is 9.84 Å². The summed E-state index contributed by atoms with van der Waals surface area (Å²) >= 11 is 0. The highest BCUT2D eigenvalue weighted by atomic mass is 16.5. The first-order valence-corrected chi connectivity index (χ1v) is 6.25. The summed E-state index contributed by atoms with van der Waals surface area (Å²) in [6.07, 6.45) is 0. The minimum Gasteiger partial charge on any atom is -0.491 e. The van der Waals surface area contributed by atoms with E-state index in [0.717, 1.165) is 17.0 Å². The van der Waals surface area contributed by atoms with Crippen LogP contribution in [0.4, 0.5) is 5.69 Å². The fraction of sp³-hybridized carbons (Fsp3) is 0.200. The molecule has 2 aromatic rings. The minimum absolute atomic E-state index is 0.0179. The summed E-state index contributed by atoms with van der Waals surface area (Å²) in [4.78, 5) is 0. The van der Waals surface area contributed by atoms with Crippen LogP contribution in [0.15, 0.2) is 54.6 Å². The van der Waals surface area contributed by atoms with E-state index in [9.17, 15) is 0 Å². The van der Waals surface area contributed by atoms with Crippen molar-refractivity contribution >= 4 is 5.69 Å². The second-order valence-corrected chi connectivity index (χ2v) is 4.02. The molecule has 19 heavy (non-hydrogen) atoms. The SMILES string of the molecule is OCCOc1ccccc1CNNc1ccccc1. The molecular weight excluding hydrogens is 240 g/mol. The molecule has 0 saturated heterocycles. The normalized spacial score (nSPS) is 10.2. The Morgan fingerprint density at radius 1 is 0.947 bits per heavy atom. The Hall–Kier alpha value is -2.04. The number of nitrogens with one attached hydrogen (secondary N) is 2. The maximum Gasteiger partial charge on any atom is 0.123 e. The van der Waals surface area contributed by atoms with Gasteiger partial charge in [0.2, 0.25) is 0 Å². The molecule has 0 amide bonds. The van der Waals surface area contributed by atoms with Gasteiger partial charge in [0.15, 0.2) is 0 Å². The molecule has 0 radical (unpaired) electrons. The molecule has 0 aliphatic heterocycles. The largest absolute Gasteiger partial charge is 0.491 e. The first kappa shape index (κ1) is 13.4. The van der Waals surface area contributed by atoms with Gasteiger partial charge in [0, 0.05) is 17.8 Å². The summed E-state index contributed by atoms with van der Waals surface area (Å²) < 4.78 is 5.47. The van der Waals surface area contributed by atoms with Crippen LogP contribution in [0, 0.1) is 0 Å². The average molecular weight is 258 g/mol. The zero-order valence-electron chi connectivity index (χ0n) is 10.7. The third kappa shape index (κ3) is 4.28. The number of aliphatic hydroxyl groups is 1. The van der Waals surface area contributed by atoms with Gasteiger partial charge < -0.3 is 15.3 Å². The zero-order valence-corrected chi connectivity index (χ0v) is 10.7. The van der Waals surface area contributed by atoms with Crippen LogP contribution in [0.2, 0.25) is 0 Å². The summed E-state index contributed by atoms with van der Waals surface area (Å²) in [7, 11) is 0. The first-order valence-electron chi connectivity index (χ1n) is 6.25. The predicted octanol–water partition coefficient (Wildman–Crippen LogP) is 2.17. The third-order valence-corrected chi connectivity index (χ3v) is 2.61. The van der Waals surface area contributed by atoms with Crippen molar-refractivity contribution in [2.75, 3.05) is 18.6 Å². The van der Waals surface area contributed by atoms with Crippen LogP contribution < -0.4 is 15.6 Å². The monoisotopic (exact) mass is 258 g/mol. The molecule has 3 N–H and O–H groups in total. The van der Waals surface area contributed by atoms with Gasteiger partial charge in [-0.2, -0.15) is 0 Å². The second kappa shape index (κ2) is 7.41. The van der Waals surface area contributed by atoms with Gasteiger partial charge in [-0.3, -0.25) is 0 Å². The van der Waals surface area contributed by atoms with E-state index in [0.29, 0.717) is 13.2 Å². The number of hydrazine groups is 1. The molecule has 0 aliphatic carbocycles. The van der Waals surface area contributed by atoms with E-state index in [1.54, 1.807) is 0 Å². The third-order valence-electron chi connectivity index (χ3n) is 2.61. The molecule has 2 rings (SSSR count). The predicted molar refractivity (Wildman–Crippen MR) is 75.9 cm³/mol. The van der Waals surface area contributed by atoms with Gasteiger partial charge in [-0.1, -0.05) is 36.4 Å². The Morgan fingerprint density at radius 2 is 1.68 bits per heavy atom. The summed E-state index contributed by atoms with van der Waals surface area (Å²) in [5.74, 6) is 0.791. The van der Waals surface area contributed by atoms with Crippen LogP contribution in [-0.4, -0.2) is 18.3 Å². The molecule has 0 heterocycles. The van der Waals surface area contributed by atoms with Crippen LogP contribution in [0.25, 0.3) is 0 Å². The summed E-state index contributed by atoms with van der Waals surface area (Å²) in [6.45, 7) is 0.962. The number of rotatable bonds is 7. The summed E-state index contributed by atoms with van der Waals surface area (Å²) in [5.41, 5.74) is 8.32. The highest BCUT2D eigenvalue weighted by molar-refractivity contribution is 5.41. The lowest BCUT2D eigenvalue weighted by molar-refractivity contribution is 0.200. The van der Waals surface area contributed by atoms with Crippen molar-refractivity contribution in [1.82, 2.24) is 5.43 Å². The molecular formula is C15H18N2O2. The lowest BCUT2D eigenvalue weighted by Gasteiger charge is -2.12. The van der Waals surface area contributed by atoms with Crippen molar-refractivity contribution in [2.45, 2.75) is 6.54 Å². The molecule has 0 unspecified atom stereocenters. The molecule has 4 heteroatoms. The second-order valence-electron chi connectivity index (χ2n) is 4.02. The van der Waals surface area contributed by atoms with Gasteiger partial charge in [0.05, 0.1) is 6.61 Å². The van der Waals surface area contributed by atoms with Crippen LogP contribution in [0.3, 0.4) is 0 Å². The van der Waals surface area contributed by atoms with Crippen molar-refractivity contribution in [3.8, 4) is 5.75 Å². The van der Waals surface area contributed by atoms with Gasteiger partial charge in [-0.05, 0) is 18.2 Å². The maximum atomic E-state index is 8.79. The number of benzene rings is 2. The summed E-state index contributed by atoms with van der Waals surface area (Å²) in [6, 6.07) is 17.7. The molecule has 0 aromatic heterocycles. The Bertz CT molecular complexity index is 489. The molecule has 4 nitrogen and oxygen atoms in total. The molecule has 0 spiro atoms. The van der Waals surface area contributed by atoms with Crippen LogP contribution in [0.5, 0.6) is 5.75 Å². The minimum atomic E-state index is 0.0179. The van der Waals surface area contributed by atoms with E-state index in [2.05, 4.69) is 10.9 Å². The fourth-order valence-electron chi connectivity index (χ4n) is 1.71. The van der Waals surface area contributed by atoms with Crippen molar-refractivity contribution < 1.29 is 9.84 Å². The number of hydrogen-bond acceptors (Lipinski definition) is 4. The highest BCUT2D eigenvalue weighted by Crippen LogP contribution is 2.17. The van der Waals surface area contributed by atoms with E-state index >= 15 is 0 Å². The van der Waals surface area contributed by atoms with Crippen molar-refractivity contribution in [2.24, 2.45) is 0 Å². The lowest BCUT2D eigenvalue weighted by Crippen LogP contribution is -2.21. The summed E-state index contributed by atoms with van der Waals surface area (Å²) in [5, 5.41) is 8.79. The quantitative estimate of drug-likeness (QED) is 0.666. The van der Waals surface area contributed by atoms with E-state index in [-0.39, 0.29) is 6.61 Å². The van der Waals surface area contributed by atoms with Gasteiger partial charge in [0.1, 0.15) is 12.4 Å². The number of aliphatic hydroxyl groups excluding tert-OH is 1. The number of hydrogen-bond donors (Lipinski definition) is 3. The molecule has 2 aromatic carbocycles. The van der Waals surface area contributed by atoms with Gasteiger partial charge in [0.25, 0.3) is 0 Å². The average Bonchev–Trinajstić information content (AvgIpc) is 2.47. The van der Waals surface area contributed by atoms with Crippen LogP contribution in [-0.2, 0) is 6.54 Å². The standard InChI is InChI=1S/C15H18N2O2/c18-10-11-19-15-9-5-4-6-13(15)12-16-17-14-7-2-1-3-8-14/h1-9,16-18H,10-12H2. The van der Waals surface area contributed by atoms with E-state index < -0.39 is 0 Å². The van der Waals surface area contributed by atoms with E-state index in [1.165, 1.54) is 0 Å². The van der Waals surface area contributed by atoms with Crippen molar-refractivity contribution in [3.63, 3.8) is 0 Å². The molecule has 0 bridgehead atoms. The molecule has 0 atom stereocenters. The first-order chi connectivity index (χ1) is 9.40. The van der Waals surface area contributed by atoms with Gasteiger partial charge in [-0.15, -0.1) is 0 Å². The topological polar surface area (TPSA) is 53.5 Å². The van der Waals surface area contributed by atoms with Gasteiger partial charge in [-0.25, -0.2) is 5.43 Å². The smallest absolute Gasteiger partial charge is 0.123 e. The van der Waals surface area contributed by atoms with Gasteiger partial charge >= 0.3 is 0 Å². The van der Waals surface area contributed by atoms with Crippen molar-refractivity contribution in [1.29, 1.82) is 0 Å². The highest BCUT2D eigenvalue weighted by Gasteiger charge is 2.01. The Labute approximate surface area is 113 Å². The van der Waals surface area contributed by atoms with Crippen molar-refractivity contribution in [3.05, 3.63) is 60.2 Å². The molecule has 0 fully saturated rings. The molecule has 0 aliphatic rings. The Morgan fingerprint density at radius 3 is 2.47 bits per heavy atom. The maximum absolute atomic E-state index is 8.79. The lowest BCUT2D eigenvalue weighted by atomic mass is 10.2. The fourth-order valence-corrected chi connectivity index (χ4v) is 1.71. The molecule has 0 saturated carbocycles. The van der Waals surface area contributed by atoms with Crippen LogP contribution in [0.1, 0.15) is 5.56 Å². The van der Waals surface area contributed by atoms with Crippen LogP contribution >= 0.6 is 0 Å². The zero-order chi connectivity index (χ0) is 13.3. The Balaban J connectivity index is 1.88. The number of ether oxygens (including phenoxy) is 1. The number of anilines is 1. The molecule has 100 valence electrons. The van der Waals surface area contributed by atoms with E-state index in [1.807, 2.05) is 54.6 Å². The number of para-hydroxylation sites is 2. The Kier molecular flexibility index (Phi) is 5.22.